The molecule has 0 aliphatic heterocycles. The maximum absolute atomic E-state index is 13.5. The summed E-state index contributed by atoms with van der Waals surface area (Å²) < 4.78 is 18.4. The van der Waals surface area contributed by atoms with E-state index in [2.05, 4.69) is 9.97 Å². The summed E-state index contributed by atoms with van der Waals surface area (Å²) in [5.74, 6) is 1.45. The zero-order chi connectivity index (χ0) is 31.4. The van der Waals surface area contributed by atoms with Gasteiger partial charge >= 0.3 is 0 Å². The van der Waals surface area contributed by atoms with Gasteiger partial charge < -0.3 is 23.7 Å². The molecule has 44 heavy (non-hydrogen) atoms. The summed E-state index contributed by atoms with van der Waals surface area (Å²) in [5, 5.41) is 1.23. The molecule has 2 aromatic carbocycles. The fraction of sp³-hybridized carbons (Fsp3) is 0.182. The van der Waals surface area contributed by atoms with Crippen LogP contribution in [0, 0.1) is 0 Å². The van der Waals surface area contributed by atoms with Gasteiger partial charge in [0, 0.05) is 60.4 Å². The molecule has 0 atom stereocenters. The van der Waals surface area contributed by atoms with Crippen LogP contribution in [0.4, 0.5) is 0 Å². The number of hydrogen-bond acceptors (Lipinski definition) is 8. The topological polar surface area (TPSA) is 113 Å². The van der Waals surface area contributed by atoms with Crippen LogP contribution in [0.5, 0.6) is 23.0 Å². The van der Waals surface area contributed by atoms with E-state index in [1.165, 1.54) is 17.3 Å². The van der Waals surface area contributed by atoms with Crippen molar-refractivity contribution in [2.45, 2.75) is 13.0 Å². The summed E-state index contributed by atoms with van der Waals surface area (Å²) in [5.41, 5.74) is 1.49. The molecular formula is C33H29ClN4O6. The smallest absolute Gasteiger partial charge is 0.241 e. The third kappa shape index (κ3) is 6.55. The quantitative estimate of drug-likeness (QED) is 0.192. The van der Waals surface area contributed by atoms with Gasteiger partial charge in [0.25, 0.3) is 0 Å². The molecule has 0 saturated carbocycles. The van der Waals surface area contributed by atoms with Gasteiger partial charge in [0.2, 0.25) is 5.91 Å². The van der Waals surface area contributed by atoms with Gasteiger partial charge in [0.1, 0.15) is 18.0 Å². The Morgan fingerprint density at radius 2 is 1.64 bits per heavy atom. The van der Waals surface area contributed by atoms with Crippen molar-refractivity contribution in [1.82, 2.24) is 19.4 Å². The van der Waals surface area contributed by atoms with Crippen LogP contribution in [-0.4, -0.2) is 59.4 Å². The van der Waals surface area contributed by atoms with Gasteiger partial charge in [-0.05, 0) is 42.0 Å². The number of amides is 1. The highest BCUT2D eigenvalue weighted by atomic mass is 35.5. The molecule has 10 nitrogen and oxygen atoms in total. The minimum atomic E-state index is -0.442. The largest absolute Gasteiger partial charge is 0.493 e. The number of nitrogens with zero attached hydrogens (tertiary/aromatic N) is 4. The number of rotatable bonds is 10. The van der Waals surface area contributed by atoms with Gasteiger partial charge in [-0.2, -0.15) is 0 Å². The van der Waals surface area contributed by atoms with Gasteiger partial charge in [0.05, 0.1) is 37.9 Å². The molecule has 5 aromatic rings. The molecule has 0 spiro atoms. The fourth-order valence-corrected chi connectivity index (χ4v) is 4.68. The number of halogens is 1. The molecule has 3 heterocycles. The van der Waals surface area contributed by atoms with Crippen LogP contribution in [-0.2, 0) is 17.8 Å². The molecule has 0 saturated heterocycles. The Bertz CT molecular complexity index is 1900. The van der Waals surface area contributed by atoms with E-state index < -0.39 is 11.2 Å². The van der Waals surface area contributed by atoms with E-state index in [0.717, 1.165) is 0 Å². The average molecular weight is 613 g/mol. The number of pyridine rings is 3. The number of fused-ring (bicyclic) bond motifs is 1. The fourth-order valence-electron chi connectivity index (χ4n) is 4.55. The van der Waals surface area contributed by atoms with Crippen molar-refractivity contribution in [2.75, 3.05) is 28.3 Å². The van der Waals surface area contributed by atoms with Gasteiger partial charge in [-0.15, -0.1) is 0 Å². The first-order chi connectivity index (χ1) is 21.2. The molecule has 224 valence electrons. The number of aromatic nitrogens is 3. The van der Waals surface area contributed by atoms with Crippen LogP contribution in [0.1, 0.15) is 16.1 Å². The number of carbonyl (C=O) groups is 2. The lowest BCUT2D eigenvalue weighted by Gasteiger charge is -2.15. The first-order valence-electron chi connectivity index (χ1n) is 13.5. The second-order valence-corrected chi connectivity index (χ2v) is 10.5. The van der Waals surface area contributed by atoms with Gasteiger partial charge in [-0.1, -0.05) is 23.7 Å². The highest BCUT2D eigenvalue weighted by Crippen LogP contribution is 2.36. The van der Waals surface area contributed by atoms with E-state index >= 15 is 0 Å². The average Bonchev–Trinajstić information content (AvgIpc) is 3.02. The van der Waals surface area contributed by atoms with Gasteiger partial charge in [-0.3, -0.25) is 24.4 Å². The van der Waals surface area contributed by atoms with Crippen molar-refractivity contribution >= 4 is 34.2 Å². The van der Waals surface area contributed by atoms with Crippen molar-refractivity contribution in [3.8, 4) is 34.1 Å². The first kappa shape index (κ1) is 30.2. The number of carbonyl (C=O) groups excluding carboxylic acids is 2. The lowest BCUT2D eigenvalue weighted by Crippen LogP contribution is -2.28. The van der Waals surface area contributed by atoms with Crippen LogP contribution in [0.15, 0.2) is 84.2 Å². The van der Waals surface area contributed by atoms with E-state index in [0.29, 0.717) is 50.2 Å². The molecule has 0 aliphatic rings. The predicted octanol–water partition coefficient (Wildman–Crippen LogP) is 5.44. The Morgan fingerprint density at radius 3 is 2.30 bits per heavy atom. The Labute approximate surface area is 258 Å². The van der Waals surface area contributed by atoms with Crippen molar-refractivity contribution in [1.29, 1.82) is 0 Å². The van der Waals surface area contributed by atoms with Crippen molar-refractivity contribution in [2.24, 2.45) is 0 Å². The number of Topliss-reactive ketones (excluding diaryl/α,β-unsaturated/α-hetero) is 1. The number of benzene rings is 2. The van der Waals surface area contributed by atoms with Crippen molar-refractivity contribution in [3.05, 3.63) is 106 Å². The molecule has 1 amide bonds. The van der Waals surface area contributed by atoms with Crippen LogP contribution in [0.2, 0.25) is 5.02 Å². The number of hydrogen-bond donors (Lipinski definition) is 0. The molecule has 0 fully saturated rings. The Morgan fingerprint density at radius 1 is 0.909 bits per heavy atom. The number of methoxy groups -OCH3 is 2. The third-order valence-electron chi connectivity index (χ3n) is 6.93. The molecule has 5 rings (SSSR count). The molecular weight excluding hydrogens is 584 g/mol. The van der Waals surface area contributed by atoms with Crippen LogP contribution in [0.3, 0.4) is 0 Å². The zero-order valence-corrected chi connectivity index (χ0v) is 25.3. The van der Waals surface area contributed by atoms with Crippen LogP contribution < -0.4 is 19.6 Å². The Hall–Kier alpha value is -5.22. The van der Waals surface area contributed by atoms with Gasteiger partial charge in [-0.25, -0.2) is 0 Å². The maximum atomic E-state index is 13.5. The molecule has 3 aromatic heterocycles. The lowest BCUT2D eigenvalue weighted by atomic mass is 10.0. The summed E-state index contributed by atoms with van der Waals surface area (Å²) in [6.07, 6.45) is 5.99. The van der Waals surface area contributed by atoms with E-state index in [9.17, 15) is 14.4 Å². The summed E-state index contributed by atoms with van der Waals surface area (Å²) in [6.45, 7) is -0.0409. The highest BCUT2D eigenvalue weighted by molar-refractivity contribution is 6.30. The summed E-state index contributed by atoms with van der Waals surface area (Å²) in [6, 6.07) is 15.4. The molecule has 0 unspecified atom stereocenters. The predicted molar refractivity (Wildman–Crippen MR) is 167 cm³/mol. The summed E-state index contributed by atoms with van der Waals surface area (Å²) in [7, 11) is 6.39. The number of ketones is 1. The second kappa shape index (κ2) is 13.0. The van der Waals surface area contributed by atoms with Crippen LogP contribution >= 0.6 is 11.6 Å². The van der Waals surface area contributed by atoms with Crippen molar-refractivity contribution in [3.63, 3.8) is 0 Å². The van der Waals surface area contributed by atoms with Gasteiger partial charge in [0.15, 0.2) is 22.7 Å². The summed E-state index contributed by atoms with van der Waals surface area (Å²) in [4.78, 5) is 49.6. The Kier molecular flexibility index (Phi) is 8.91. The summed E-state index contributed by atoms with van der Waals surface area (Å²) >= 11 is 6.04. The SMILES string of the molecule is COc1cc2nccc(Oc3ccc(CC(=O)c4cn(CC(=O)N(C)C)cc(-c5ccc(Cl)cc5)c4=O)nc3)c2cc1OC. The van der Waals surface area contributed by atoms with Crippen LogP contribution in [0.25, 0.3) is 22.0 Å². The van der Waals surface area contributed by atoms with E-state index in [1.807, 2.05) is 0 Å². The molecule has 0 radical (unpaired) electrons. The lowest BCUT2D eigenvalue weighted by molar-refractivity contribution is -0.129. The maximum Gasteiger partial charge on any atom is 0.241 e. The molecule has 0 N–H and O–H groups in total. The van der Waals surface area contributed by atoms with E-state index in [-0.39, 0.29) is 30.0 Å². The van der Waals surface area contributed by atoms with E-state index in [4.69, 9.17) is 25.8 Å². The standard InChI is InChI=1S/C33H29ClN4O6/c1-37(2)32(40)19-38-17-25(20-5-7-21(34)8-6-20)33(41)26(18-38)28(39)13-22-9-10-23(16-36-22)44-29-11-12-35-27-15-31(43-4)30(42-3)14-24(27)29/h5-12,14-18H,13,19H2,1-4H3. The molecule has 11 heteroatoms. The molecule has 0 bridgehead atoms. The van der Waals surface area contributed by atoms with E-state index in [1.54, 1.807) is 99.9 Å². The zero-order valence-electron chi connectivity index (χ0n) is 24.5. The monoisotopic (exact) mass is 612 g/mol. The minimum absolute atomic E-state index is 0.0409. The second-order valence-electron chi connectivity index (χ2n) is 10.1. The minimum Gasteiger partial charge on any atom is -0.493 e. The first-order valence-corrected chi connectivity index (χ1v) is 13.9. The molecule has 0 aliphatic carbocycles. The Balaban J connectivity index is 1.40. The number of ether oxygens (including phenoxy) is 3. The normalized spacial score (nSPS) is 10.8. The highest BCUT2D eigenvalue weighted by Gasteiger charge is 2.19. The van der Waals surface area contributed by atoms with Crippen molar-refractivity contribution < 1.29 is 23.8 Å². The number of likely N-dealkylation sites (N-methyl/N-ethyl adjacent to an activating group) is 1. The third-order valence-corrected chi connectivity index (χ3v) is 7.18.